The zero-order chi connectivity index (χ0) is 15.2. The quantitative estimate of drug-likeness (QED) is 0.891. The molecule has 6 nitrogen and oxygen atoms in total. The molecule has 2 rings (SSSR count). The minimum atomic E-state index is -1.02. The third-order valence-electron chi connectivity index (χ3n) is 3.49. The average molecular weight is 293 g/mol. The Bertz CT molecular complexity index is 493. The normalized spacial score (nSPS) is 15.5. The number of benzene rings is 1. The molecule has 1 aliphatic heterocycles. The lowest BCUT2D eigenvalue weighted by Gasteiger charge is -2.26. The first-order valence-electron chi connectivity index (χ1n) is 6.88. The van der Waals surface area contributed by atoms with Gasteiger partial charge in [0, 0.05) is 31.9 Å². The summed E-state index contributed by atoms with van der Waals surface area (Å²) in [7, 11) is 1.74. The topological polar surface area (TPSA) is 76.1 Å². The second-order valence-corrected chi connectivity index (χ2v) is 4.96. The number of ether oxygens (including phenoxy) is 2. The predicted molar refractivity (Wildman–Crippen MR) is 76.5 cm³/mol. The van der Waals surface area contributed by atoms with E-state index >= 15 is 0 Å². The molecule has 1 amide bonds. The number of rotatable bonds is 5. The van der Waals surface area contributed by atoms with Crippen LogP contribution in [0.4, 0.5) is 5.69 Å². The highest BCUT2D eigenvalue weighted by Crippen LogP contribution is 2.23. The molecule has 0 aromatic heterocycles. The molecule has 114 valence electrons. The molecule has 1 aliphatic rings. The Hall–Kier alpha value is -2.08. The van der Waals surface area contributed by atoms with Crippen LogP contribution >= 0.6 is 0 Å². The zero-order valence-corrected chi connectivity index (χ0v) is 11.9. The number of nitrogens with zero attached hydrogens (tertiary/aromatic N) is 1. The summed E-state index contributed by atoms with van der Waals surface area (Å²) in [5.41, 5.74) is 0.758. The first-order chi connectivity index (χ1) is 10.1. The minimum absolute atomic E-state index is 0.00619. The van der Waals surface area contributed by atoms with Gasteiger partial charge in [-0.2, -0.15) is 0 Å². The van der Waals surface area contributed by atoms with Crippen LogP contribution in [0.25, 0.3) is 0 Å². The summed E-state index contributed by atoms with van der Waals surface area (Å²) < 4.78 is 10.3. The molecule has 0 spiro atoms. The van der Waals surface area contributed by atoms with Crippen LogP contribution in [0.5, 0.6) is 5.75 Å². The van der Waals surface area contributed by atoms with Gasteiger partial charge in [0.05, 0.1) is 0 Å². The van der Waals surface area contributed by atoms with Crippen molar-refractivity contribution in [3.63, 3.8) is 0 Å². The van der Waals surface area contributed by atoms with Gasteiger partial charge in [0.1, 0.15) is 5.75 Å². The second-order valence-electron chi connectivity index (χ2n) is 4.96. The molecule has 1 heterocycles. The van der Waals surface area contributed by atoms with E-state index in [9.17, 15) is 9.59 Å². The first kappa shape index (κ1) is 15.3. The van der Waals surface area contributed by atoms with Gasteiger partial charge in [-0.05, 0) is 37.1 Å². The smallest absolute Gasteiger partial charge is 0.341 e. The van der Waals surface area contributed by atoms with Crippen LogP contribution in [0.2, 0.25) is 0 Å². The largest absolute Gasteiger partial charge is 0.482 e. The van der Waals surface area contributed by atoms with Crippen LogP contribution in [0, 0.1) is 5.92 Å². The van der Waals surface area contributed by atoms with Crippen molar-refractivity contribution in [3.8, 4) is 5.75 Å². The van der Waals surface area contributed by atoms with Crippen molar-refractivity contribution >= 4 is 17.6 Å². The molecule has 0 aliphatic carbocycles. The highest BCUT2D eigenvalue weighted by molar-refractivity contribution is 5.94. The molecular formula is C15H19NO5. The fourth-order valence-electron chi connectivity index (χ4n) is 2.26. The van der Waals surface area contributed by atoms with Gasteiger partial charge in [0.25, 0.3) is 0 Å². The summed E-state index contributed by atoms with van der Waals surface area (Å²) in [6, 6.07) is 6.81. The van der Waals surface area contributed by atoms with Crippen LogP contribution in [-0.4, -0.2) is 43.9 Å². The monoisotopic (exact) mass is 293 g/mol. The molecule has 0 radical (unpaired) electrons. The molecule has 1 saturated heterocycles. The van der Waals surface area contributed by atoms with E-state index in [0.29, 0.717) is 19.0 Å². The van der Waals surface area contributed by atoms with Gasteiger partial charge >= 0.3 is 5.97 Å². The van der Waals surface area contributed by atoms with E-state index < -0.39 is 5.97 Å². The SMILES string of the molecule is CN(C(=O)C1CCOCC1)c1ccc(OCC(=O)O)cc1. The summed E-state index contributed by atoms with van der Waals surface area (Å²) >= 11 is 0. The molecule has 0 atom stereocenters. The van der Waals surface area contributed by atoms with Gasteiger partial charge in [0.15, 0.2) is 6.61 Å². The highest BCUT2D eigenvalue weighted by atomic mass is 16.5. The maximum atomic E-state index is 12.4. The standard InChI is InChI=1S/C15H19NO5/c1-16(15(19)11-6-8-20-9-7-11)12-2-4-13(5-3-12)21-10-14(17)18/h2-5,11H,6-10H2,1H3,(H,17,18). The van der Waals surface area contributed by atoms with Crippen molar-refractivity contribution in [2.75, 3.05) is 31.8 Å². The fraction of sp³-hybridized carbons (Fsp3) is 0.467. The van der Waals surface area contributed by atoms with Gasteiger partial charge in [-0.15, -0.1) is 0 Å². The fourth-order valence-corrected chi connectivity index (χ4v) is 2.26. The maximum absolute atomic E-state index is 12.4. The summed E-state index contributed by atoms with van der Waals surface area (Å²) in [4.78, 5) is 24.4. The van der Waals surface area contributed by atoms with E-state index in [2.05, 4.69) is 0 Å². The molecular weight excluding hydrogens is 274 g/mol. The van der Waals surface area contributed by atoms with Crippen molar-refractivity contribution in [2.24, 2.45) is 5.92 Å². The van der Waals surface area contributed by atoms with Crippen molar-refractivity contribution in [1.82, 2.24) is 0 Å². The molecule has 21 heavy (non-hydrogen) atoms. The number of aliphatic carboxylic acids is 1. The Morgan fingerprint density at radius 3 is 2.48 bits per heavy atom. The predicted octanol–water partition coefficient (Wildman–Crippen LogP) is 1.54. The van der Waals surface area contributed by atoms with Crippen molar-refractivity contribution in [2.45, 2.75) is 12.8 Å². The highest BCUT2D eigenvalue weighted by Gasteiger charge is 2.25. The van der Waals surface area contributed by atoms with E-state index in [0.717, 1.165) is 18.5 Å². The van der Waals surface area contributed by atoms with Crippen LogP contribution in [-0.2, 0) is 14.3 Å². The molecule has 1 aromatic rings. The van der Waals surface area contributed by atoms with Gasteiger partial charge in [-0.25, -0.2) is 4.79 Å². The zero-order valence-electron chi connectivity index (χ0n) is 11.9. The lowest BCUT2D eigenvalue weighted by Crippen LogP contribution is -2.35. The summed E-state index contributed by atoms with van der Waals surface area (Å²) in [6.07, 6.45) is 1.51. The molecule has 0 unspecified atom stereocenters. The summed E-state index contributed by atoms with van der Waals surface area (Å²) in [6.45, 7) is 0.884. The number of carboxylic acid groups (broad SMARTS) is 1. The Labute approximate surface area is 123 Å². The Kier molecular flexibility index (Phi) is 5.16. The molecule has 1 fully saturated rings. The number of hydrogen-bond acceptors (Lipinski definition) is 4. The van der Waals surface area contributed by atoms with E-state index in [1.807, 2.05) is 0 Å². The first-order valence-corrected chi connectivity index (χ1v) is 6.88. The van der Waals surface area contributed by atoms with E-state index in [4.69, 9.17) is 14.6 Å². The van der Waals surface area contributed by atoms with Gasteiger partial charge < -0.3 is 19.5 Å². The number of hydrogen-bond donors (Lipinski definition) is 1. The van der Waals surface area contributed by atoms with Crippen molar-refractivity contribution in [3.05, 3.63) is 24.3 Å². The average Bonchev–Trinajstić information content (AvgIpc) is 2.53. The van der Waals surface area contributed by atoms with E-state index in [1.165, 1.54) is 0 Å². The Morgan fingerprint density at radius 2 is 1.90 bits per heavy atom. The third kappa shape index (κ3) is 4.19. The molecule has 1 aromatic carbocycles. The van der Waals surface area contributed by atoms with Crippen LogP contribution in [0.3, 0.4) is 0 Å². The van der Waals surface area contributed by atoms with Gasteiger partial charge in [-0.3, -0.25) is 4.79 Å². The van der Waals surface area contributed by atoms with Crippen molar-refractivity contribution in [1.29, 1.82) is 0 Å². The number of amides is 1. The van der Waals surface area contributed by atoms with Crippen LogP contribution in [0.1, 0.15) is 12.8 Å². The minimum Gasteiger partial charge on any atom is -0.482 e. The molecule has 1 N–H and O–H groups in total. The summed E-state index contributed by atoms with van der Waals surface area (Å²) in [5.74, 6) is -0.469. The Morgan fingerprint density at radius 1 is 1.29 bits per heavy atom. The van der Waals surface area contributed by atoms with Crippen LogP contribution in [0.15, 0.2) is 24.3 Å². The van der Waals surface area contributed by atoms with Gasteiger partial charge in [0.2, 0.25) is 5.91 Å². The van der Waals surface area contributed by atoms with Crippen LogP contribution < -0.4 is 9.64 Å². The lowest BCUT2D eigenvalue weighted by molar-refractivity contribution is -0.139. The molecule has 0 bridgehead atoms. The maximum Gasteiger partial charge on any atom is 0.341 e. The number of carboxylic acids is 1. The lowest BCUT2D eigenvalue weighted by atomic mass is 9.98. The summed E-state index contributed by atoms with van der Waals surface area (Å²) in [5, 5.41) is 8.55. The number of carbonyl (C=O) groups is 2. The third-order valence-corrected chi connectivity index (χ3v) is 3.49. The van der Waals surface area contributed by atoms with Gasteiger partial charge in [-0.1, -0.05) is 0 Å². The molecule has 6 heteroatoms. The van der Waals surface area contributed by atoms with E-state index in [-0.39, 0.29) is 18.4 Å². The van der Waals surface area contributed by atoms with E-state index in [1.54, 1.807) is 36.2 Å². The second kappa shape index (κ2) is 7.08. The number of anilines is 1. The van der Waals surface area contributed by atoms with Crippen molar-refractivity contribution < 1.29 is 24.2 Å². The Balaban J connectivity index is 1.96. The number of carbonyl (C=O) groups excluding carboxylic acids is 1. The molecule has 0 saturated carbocycles.